The zero-order valence-electron chi connectivity index (χ0n) is 7.84. The van der Waals surface area contributed by atoms with Crippen molar-refractivity contribution in [3.63, 3.8) is 0 Å². The van der Waals surface area contributed by atoms with Crippen LogP contribution in [0.4, 0.5) is 8.78 Å². The topological polar surface area (TPSA) is 61.8 Å². The molecule has 7 heteroatoms. The number of hydrogen-bond acceptors (Lipinski definition) is 3. The largest absolute Gasteiger partial charge is 0.388 e. The lowest BCUT2D eigenvalue weighted by Crippen LogP contribution is -1.91. The number of nitrogens with zero attached hydrogens (tertiary/aromatic N) is 2. The fraction of sp³-hybridized carbons (Fsp3) is 0.111. The van der Waals surface area contributed by atoms with Crippen molar-refractivity contribution < 1.29 is 13.9 Å². The summed E-state index contributed by atoms with van der Waals surface area (Å²) in [5.74, 6) is -1.50. The molecule has 0 spiro atoms. The maximum absolute atomic E-state index is 13.2. The molecule has 0 saturated carbocycles. The molecule has 0 radical (unpaired) electrons. The first kappa shape index (κ1) is 11.2. The number of nitrogens with one attached hydrogen (secondary N) is 1. The van der Waals surface area contributed by atoms with Crippen LogP contribution in [0.5, 0.6) is 0 Å². The molecule has 0 bridgehead atoms. The third-order valence-electron chi connectivity index (χ3n) is 1.96. The Morgan fingerprint density at radius 2 is 2.12 bits per heavy atom. The minimum atomic E-state index is -0.993. The van der Waals surface area contributed by atoms with Crippen LogP contribution in [0, 0.1) is 11.6 Å². The van der Waals surface area contributed by atoms with Gasteiger partial charge in [-0.1, -0.05) is 0 Å². The summed E-state index contributed by atoms with van der Waals surface area (Å²) in [5.41, 5.74) is 0.315. The van der Waals surface area contributed by atoms with Gasteiger partial charge in [-0.2, -0.15) is 5.10 Å². The average Bonchev–Trinajstić information content (AvgIpc) is 2.74. The van der Waals surface area contributed by atoms with Gasteiger partial charge in [0.1, 0.15) is 6.61 Å². The molecule has 1 heterocycles. The molecule has 2 aromatic rings. The van der Waals surface area contributed by atoms with Crippen LogP contribution in [0.2, 0.25) is 0 Å². The van der Waals surface area contributed by atoms with Gasteiger partial charge in [0.2, 0.25) is 0 Å². The number of hydrogen-bond donors (Lipinski definition) is 2. The lowest BCUT2D eigenvalue weighted by atomic mass is 10.2. The van der Waals surface area contributed by atoms with E-state index in [1.807, 2.05) is 0 Å². The normalized spacial score (nSPS) is 10.8. The molecule has 0 aliphatic heterocycles. The van der Waals surface area contributed by atoms with Crippen molar-refractivity contribution >= 4 is 15.9 Å². The van der Waals surface area contributed by atoms with Gasteiger partial charge in [-0.15, -0.1) is 0 Å². The molecule has 84 valence electrons. The lowest BCUT2D eigenvalue weighted by Gasteiger charge is -2.01. The van der Waals surface area contributed by atoms with Crippen LogP contribution in [0.25, 0.3) is 11.4 Å². The summed E-state index contributed by atoms with van der Waals surface area (Å²) in [6.07, 6.45) is 0. The maximum Gasteiger partial charge on any atom is 0.182 e. The zero-order chi connectivity index (χ0) is 11.7. The number of aromatic amines is 1. The van der Waals surface area contributed by atoms with Gasteiger partial charge < -0.3 is 5.11 Å². The van der Waals surface area contributed by atoms with Crippen LogP contribution in [0.3, 0.4) is 0 Å². The first-order valence-corrected chi connectivity index (χ1v) is 5.08. The highest BCUT2D eigenvalue weighted by molar-refractivity contribution is 9.10. The van der Waals surface area contributed by atoms with Crippen LogP contribution in [0.15, 0.2) is 16.6 Å². The molecule has 0 amide bonds. The van der Waals surface area contributed by atoms with Gasteiger partial charge in [-0.25, -0.2) is 13.8 Å². The molecule has 1 aromatic heterocycles. The summed E-state index contributed by atoms with van der Waals surface area (Å²) in [7, 11) is 0. The van der Waals surface area contributed by atoms with Crippen molar-refractivity contribution in [3.8, 4) is 11.4 Å². The molecule has 2 N–H and O–H groups in total. The van der Waals surface area contributed by atoms with Crippen molar-refractivity contribution in [2.45, 2.75) is 6.61 Å². The van der Waals surface area contributed by atoms with E-state index in [-0.39, 0.29) is 22.7 Å². The number of aliphatic hydroxyl groups is 1. The summed E-state index contributed by atoms with van der Waals surface area (Å²) < 4.78 is 26.0. The van der Waals surface area contributed by atoms with Crippen LogP contribution in [0.1, 0.15) is 5.82 Å². The Morgan fingerprint density at radius 3 is 2.75 bits per heavy atom. The monoisotopic (exact) mass is 289 g/mol. The molecule has 0 unspecified atom stereocenters. The SMILES string of the molecule is OCc1nc(-c2ccc(F)c(F)c2Br)n[nH]1. The highest BCUT2D eigenvalue weighted by Gasteiger charge is 2.15. The van der Waals surface area contributed by atoms with Gasteiger partial charge in [0.15, 0.2) is 23.3 Å². The molecule has 0 aliphatic carbocycles. The van der Waals surface area contributed by atoms with Crippen LogP contribution in [-0.2, 0) is 6.61 Å². The number of halogens is 3. The van der Waals surface area contributed by atoms with E-state index >= 15 is 0 Å². The van der Waals surface area contributed by atoms with Crippen molar-refractivity contribution in [1.29, 1.82) is 0 Å². The Kier molecular flexibility index (Phi) is 2.97. The van der Waals surface area contributed by atoms with Crippen LogP contribution >= 0.6 is 15.9 Å². The fourth-order valence-corrected chi connectivity index (χ4v) is 1.68. The average molecular weight is 290 g/mol. The Labute approximate surface area is 97.5 Å². The molecule has 2 rings (SSSR count). The molecule has 4 nitrogen and oxygen atoms in total. The summed E-state index contributed by atoms with van der Waals surface area (Å²) in [4.78, 5) is 3.89. The third kappa shape index (κ3) is 1.83. The second-order valence-corrected chi connectivity index (χ2v) is 3.78. The number of benzene rings is 1. The third-order valence-corrected chi connectivity index (χ3v) is 2.73. The summed E-state index contributed by atoms with van der Waals surface area (Å²) >= 11 is 2.93. The van der Waals surface area contributed by atoms with Crippen molar-refractivity contribution in [1.82, 2.24) is 15.2 Å². The second-order valence-electron chi connectivity index (χ2n) is 2.99. The van der Waals surface area contributed by atoms with E-state index in [4.69, 9.17) is 5.11 Å². The van der Waals surface area contributed by atoms with Crippen molar-refractivity contribution in [2.75, 3.05) is 0 Å². The van der Waals surface area contributed by atoms with E-state index in [9.17, 15) is 8.78 Å². The Bertz CT molecular complexity index is 529. The minimum absolute atomic E-state index is 0.0454. The molecule has 0 fully saturated rings. The standard InChI is InChI=1S/C9H6BrF2N3O/c10-7-4(1-2-5(11)8(7)12)9-13-6(3-16)14-15-9/h1-2,16H,3H2,(H,13,14,15). The lowest BCUT2D eigenvalue weighted by molar-refractivity contribution is 0.272. The first-order valence-electron chi connectivity index (χ1n) is 4.29. The number of aliphatic hydroxyl groups excluding tert-OH is 1. The molecule has 0 aliphatic rings. The van der Waals surface area contributed by atoms with E-state index < -0.39 is 11.6 Å². The maximum atomic E-state index is 13.2. The second kappa shape index (κ2) is 4.26. The molecular weight excluding hydrogens is 284 g/mol. The quantitative estimate of drug-likeness (QED) is 0.832. The van der Waals surface area contributed by atoms with Gasteiger partial charge in [0, 0.05) is 5.56 Å². The Hall–Kier alpha value is -1.34. The smallest absolute Gasteiger partial charge is 0.182 e. The van der Waals surface area contributed by atoms with Gasteiger partial charge in [-0.3, -0.25) is 5.10 Å². The minimum Gasteiger partial charge on any atom is -0.388 e. The summed E-state index contributed by atoms with van der Waals surface area (Å²) in [6, 6.07) is 2.34. The van der Waals surface area contributed by atoms with Gasteiger partial charge in [-0.05, 0) is 28.1 Å². The van der Waals surface area contributed by atoms with E-state index in [2.05, 4.69) is 31.1 Å². The van der Waals surface area contributed by atoms with Gasteiger partial charge in [0.25, 0.3) is 0 Å². The zero-order valence-corrected chi connectivity index (χ0v) is 9.42. The predicted molar refractivity (Wildman–Crippen MR) is 55.4 cm³/mol. The Morgan fingerprint density at radius 1 is 1.38 bits per heavy atom. The molecule has 0 atom stereocenters. The first-order chi connectivity index (χ1) is 7.63. The molecular formula is C9H6BrF2N3O. The van der Waals surface area contributed by atoms with Crippen molar-refractivity contribution in [2.24, 2.45) is 0 Å². The fourth-order valence-electron chi connectivity index (χ4n) is 1.19. The highest BCUT2D eigenvalue weighted by Crippen LogP contribution is 2.29. The van der Waals surface area contributed by atoms with Crippen LogP contribution < -0.4 is 0 Å². The van der Waals surface area contributed by atoms with Gasteiger partial charge >= 0.3 is 0 Å². The number of aromatic nitrogens is 3. The van der Waals surface area contributed by atoms with Crippen molar-refractivity contribution in [3.05, 3.63) is 34.1 Å². The molecule has 16 heavy (non-hydrogen) atoms. The van der Waals surface area contributed by atoms with E-state index in [1.165, 1.54) is 6.07 Å². The van der Waals surface area contributed by atoms with E-state index in [1.54, 1.807) is 0 Å². The molecule has 1 aromatic carbocycles. The van der Waals surface area contributed by atoms with Gasteiger partial charge in [0.05, 0.1) is 4.47 Å². The summed E-state index contributed by atoms with van der Waals surface area (Å²) in [6.45, 7) is -0.297. The predicted octanol–water partition coefficient (Wildman–Crippen LogP) is 2.00. The number of H-pyrrole nitrogens is 1. The van der Waals surface area contributed by atoms with E-state index in [0.29, 0.717) is 5.56 Å². The summed E-state index contributed by atoms with van der Waals surface area (Å²) in [5, 5.41) is 15.0. The van der Waals surface area contributed by atoms with Crippen LogP contribution in [-0.4, -0.2) is 20.3 Å². The Balaban J connectivity index is 2.52. The van der Waals surface area contributed by atoms with E-state index in [0.717, 1.165) is 6.07 Å². The molecule has 0 saturated heterocycles. The highest BCUT2D eigenvalue weighted by atomic mass is 79.9. The number of rotatable bonds is 2.